The number of pyridine rings is 1. The van der Waals surface area contributed by atoms with E-state index in [1.54, 1.807) is 32.9 Å². The maximum absolute atomic E-state index is 11.6. The van der Waals surface area contributed by atoms with Crippen LogP contribution < -0.4 is 5.32 Å². The lowest BCUT2D eigenvalue weighted by Gasteiger charge is -2.22. The Morgan fingerprint density at radius 3 is 2.28 bits per heavy atom. The average Bonchev–Trinajstić information content (AvgIpc) is 2.12. The average molecular weight is 291 g/mol. The van der Waals surface area contributed by atoms with Crippen molar-refractivity contribution in [2.75, 3.05) is 0 Å². The van der Waals surface area contributed by atoms with Crippen molar-refractivity contribution in [1.82, 2.24) is 10.3 Å². The lowest BCUT2D eigenvalue weighted by atomic mass is 10.1. The number of hydrogen-bond donors (Lipinski definition) is 1. The van der Waals surface area contributed by atoms with E-state index in [1.807, 2.05) is 6.92 Å². The number of aromatic nitrogens is 1. The van der Waals surface area contributed by atoms with E-state index in [9.17, 15) is 4.79 Å². The van der Waals surface area contributed by atoms with Gasteiger partial charge >= 0.3 is 6.09 Å². The Balaban J connectivity index is 2.70. The lowest BCUT2D eigenvalue weighted by Crippen LogP contribution is -2.34. The zero-order valence-corrected chi connectivity index (χ0v) is 12.3. The molecule has 1 amide bonds. The Bertz CT molecular complexity index is 424. The molecule has 1 N–H and O–H groups in total. The molecule has 6 heteroatoms. The highest BCUT2D eigenvalue weighted by Crippen LogP contribution is 2.20. The van der Waals surface area contributed by atoms with E-state index >= 15 is 0 Å². The van der Waals surface area contributed by atoms with E-state index < -0.39 is 11.7 Å². The Kier molecular flexibility index (Phi) is 4.82. The standard InChI is InChI=1S/C12H16Cl2N2O2/c1-7(15-11(17)18-12(2,3)4)8-5-9(13)16-10(14)6-8/h5-7H,1-4H3,(H,15,17). The second kappa shape index (κ2) is 5.76. The number of ether oxygens (including phenoxy) is 1. The number of rotatable bonds is 2. The van der Waals surface area contributed by atoms with Crippen LogP contribution in [-0.2, 0) is 4.74 Å². The molecule has 1 aromatic rings. The normalized spacial score (nSPS) is 13.0. The molecule has 1 aromatic heterocycles. The minimum Gasteiger partial charge on any atom is -0.444 e. The molecule has 0 aliphatic carbocycles. The van der Waals surface area contributed by atoms with Gasteiger partial charge in [0.25, 0.3) is 0 Å². The fourth-order valence-corrected chi connectivity index (χ4v) is 1.78. The number of hydrogen-bond acceptors (Lipinski definition) is 3. The Morgan fingerprint density at radius 2 is 1.83 bits per heavy atom. The molecular formula is C12H16Cl2N2O2. The van der Waals surface area contributed by atoms with E-state index in [1.165, 1.54) is 0 Å². The molecule has 0 saturated carbocycles. The first-order valence-corrected chi connectivity index (χ1v) is 6.25. The first kappa shape index (κ1) is 15.1. The highest BCUT2D eigenvalue weighted by Gasteiger charge is 2.18. The second-order valence-corrected chi connectivity index (χ2v) is 5.69. The van der Waals surface area contributed by atoms with Crippen LogP contribution in [0.5, 0.6) is 0 Å². The third-order valence-electron chi connectivity index (χ3n) is 2.02. The molecule has 0 aliphatic heterocycles. The highest BCUT2D eigenvalue weighted by atomic mass is 35.5. The van der Waals surface area contributed by atoms with Crippen molar-refractivity contribution in [2.24, 2.45) is 0 Å². The summed E-state index contributed by atoms with van der Waals surface area (Å²) in [5.41, 5.74) is 0.239. The van der Waals surface area contributed by atoms with E-state index in [-0.39, 0.29) is 16.3 Å². The molecular weight excluding hydrogens is 275 g/mol. The number of carbonyl (C=O) groups is 1. The van der Waals surface area contributed by atoms with Crippen LogP contribution >= 0.6 is 23.2 Å². The summed E-state index contributed by atoms with van der Waals surface area (Å²) < 4.78 is 5.16. The maximum atomic E-state index is 11.6. The van der Waals surface area contributed by atoms with Crippen LogP contribution in [0.15, 0.2) is 12.1 Å². The van der Waals surface area contributed by atoms with Crippen LogP contribution in [0.2, 0.25) is 10.3 Å². The fourth-order valence-electron chi connectivity index (χ4n) is 1.30. The maximum Gasteiger partial charge on any atom is 0.408 e. The van der Waals surface area contributed by atoms with Gasteiger partial charge in [-0.2, -0.15) is 0 Å². The molecule has 1 atom stereocenters. The van der Waals surface area contributed by atoms with Gasteiger partial charge in [0.1, 0.15) is 15.9 Å². The number of alkyl carbamates (subject to hydrolysis) is 1. The van der Waals surface area contributed by atoms with E-state index in [0.717, 1.165) is 5.56 Å². The minimum atomic E-state index is -0.530. The molecule has 18 heavy (non-hydrogen) atoms. The van der Waals surface area contributed by atoms with Crippen molar-refractivity contribution in [2.45, 2.75) is 39.3 Å². The predicted molar refractivity (Wildman–Crippen MR) is 72.0 cm³/mol. The van der Waals surface area contributed by atoms with Gasteiger partial charge < -0.3 is 10.1 Å². The van der Waals surface area contributed by atoms with Gasteiger partial charge in [0, 0.05) is 0 Å². The van der Waals surface area contributed by atoms with Crippen LogP contribution in [0.25, 0.3) is 0 Å². The van der Waals surface area contributed by atoms with Crippen molar-refractivity contribution in [1.29, 1.82) is 0 Å². The predicted octanol–water partition coefficient (Wildman–Crippen LogP) is 3.97. The van der Waals surface area contributed by atoms with Gasteiger partial charge in [-0.1, -0.05) is 23.2 Å². The summed E-state index contributed by atoms with van der Waals surface area (Å²) >= 11 is 11.6. The molecule has 0 saturated heterocycles. The van der Waals surface area contributed by atoms with Crippen molar-refractivity contribution in [3.63, 3.8) is 0 Å². The van der Waals surface area contributed by atoms with Gasteiger partial charge in [-0.25, -0.2) is 9.78 Å². The monoisotopic (exact) mass is 290 g/mol. The smallest absolute Gasteiger partial charge is 0.408 e. The molecule has 0 bridgehead atoms. The number of amides is 1. The molecule has 0 aromatic carbocycles. The van der Waals surface area contributed by atoms with E-state index in [2.05, 4.69) is 10.3 Å². The van der Waals surface area contributed by atoms with Crippen molar-refractivity contribution in [3.8, 4) is 0 Å². The molecule has 0 spiro atoms. The van der Waals surface area contributed by atoms with Crippen LogP contribution in [-0.4, -0.2) is 16.7 Å². The summed E-state index contributed by atoms with van der Waals surface area (Å²) in [4.78, 5) is 15.4. The largest absolute Gasteiger partial charge is 0.444 e. The van der Waals surface area contributed by atoms with Crippen LogP contribution in [0.3, 0.4) is 0 Å². The number of carbonyl (C=O) groups excluding carboxylic acids is 1. The minimum absolute atomic E-state index is 0.266. The third-order valence-corrected chi connectivity index (χ3v) is 2.41. The first-order chi connectivity index (χ1) is 8.17. The fraction of sp³-hybridized carbons (Fsp3) is 0.500. The zero-order chi connectivity index (χ0) is 13.9. The van der Waals surface area contributed by atoms with Crippen molar-refractivity contribution in [3.05, 3.63) is 28.0 Å². The number of nitrogens with one attached hydrogen (secondary N) is 1. The molecule has 0 radical (unpaired) electrons. The van der Waals surface area contributed by atoms with E-state index in [4.69, 9.17) is 27.9 Å². The van der Waals surface area contributed by atoms with Gasteiger partial charge in [0.15, 0.2) is 0 Å². The van der Waals surface area contributed by atoms with Crippen molar-refractivity contribution < 1.29 is 9.53 Å². The first-order valence-electron chi connectivity index (χ1n) is 5.50. The Morgan fingerprint density at radius 1 is 1.33 bits per heavy atom. The van der Waals surface area contributed by atoms with Gasteiger partial charge in [-0.05, 0) is 45.4 Å². The molecule has 0 aliphatic rings. The second-order valence-electron chi connectivity index (χ2n) is 4.91. The highest BCUT2D eigenvalue weighted by molar-refractivity contribution is 6.32. The molecule has 0 fully saturated rings. The molecule has 1 heterocycles. The van der Waals surface area contributed by atoms with Gasteiger partial charge in [-0.15, -0.1) is 0 Å². The summed E-state index contributed by atoms with van der Waals surface area (Å²) in [7, 11) is 0. The third kappa shape index (κ3) is 5.10. The Labute approximate surface area is 117 Å². The van der Waals surface area contributed by atoms with E-state index in [0.29, 0.717) is 0 Å². The van der Waals surface area contributed by atoms with Crippen molar-refractivity contribution >= 4 is 29.3 Å². The SMILES string of the molecule is CC(NC(=O)OC(C)(C)C)c1cc(Cl)nc(Cl)c1. The number of nitrogens with zero attached hydrogens (tertiary/aromatic N) is 1. The zero-order valence-electron chi connectivity index (χ0n) is 10.8. The summed E-state index contributed by atoms with van der Waals surface area (Å²) in [6.07, 6.45) is -0.487. The topological polar surface area (TPSA) is 51.2 Å². The summed E-state index contributed by atoms with van der Waals surface area (Å²) in [5.74, 6) is 0. The lowest BCUT2D eigenvalue weighted by molar-refractivity contribution is 0.0508. The molecule has 100 valence electrons. The van der Waals surface area contributed by atoms with Gasteiger partial charge in [0.05, 0.1) is 6.04 Å². The summed E-state index contributed by atoms with van der Waals surface area (Å²) in [6, 6.07) is 3.03. The molecule has 1 rings (SSSR count). The number of halogens is 2. The van der Waals surface area contributed by atoms with Crippen LogP contribution in [0, 0.1) is 0 Å². The van der Waals surface area contributed by atoms with Gasteiger partial charge in [0.2, 0.25) is 0 Å². The molecule has 1 unspecified atom stereocenters. The Hall–Kier alpha value is -1.00. The van der Waals surface area contributed by atoms with Gasteiger partial charge in [-0.3, -0.25) is 0 Å². The quantitative estimate of drug-likeness (QED) is 0.839. The van der Waals surface area contributed by atoms with Crippen LogP contribution in [0.1, 0.15) is 39.3 Å². The molecule has 4 nitrogen and oxygen atoms in total. The summed E-state index contributed by atoms with van der Waals surface area (Å²) in [6.45, 7) is 7.22. The summed E-state index contributed by atoms with van der Waals surface area (Å²) in [5, 5.41) is 3.28. The van der Waals surface area contributed by atoms with Crippen LogP contribution in [0.4, 0.5) is 4.79 Å².